The Morgan fingerprint density at radius 1 is 0.968 bits per heavy atom. The molecule has 5 unspecified atom stereocenters. The van der Waals surface area contributed by atoms with Crippen molar-refractivity contribution >= 4 is 5.78 Å². The highest BCUT2D eigenvalue weighted by molar-refractivity contribution is 5.87. The van der Waals surface area contributed by atoms with Crippen LogP contribution < -0.4 is 5.32 Å². The number of carbonyl (C=O) groups is 1. The van der Waals surface area contributed by atoms with E-state index in [0.29, 0.717) is 30.0 Å². The minimum atomic E-state index is -0.0824. The van der Waals surface area contributed by atoms with Crippen molar-refractivity contribution < 1.29 is 4.79 Å². The molecule has 5 atom stereocenters. The van der Waals surface area contributed by atoms with E-state index < -0.39 is 0 Å². The number of nitrogens with one attached hydrogen (secondary N) is 1. The molecule has 1 saturated heterocycles. The molecule has 2 heteroatoms. The van der Waals surface area contributed by atoms with Crippen molar-refractivity contribution in [3.05, 3.63) is 107 Å². The van der Waals surface area contributed by atoms with Crippen LogP contribution in [0.2, 0.25) is 0 Å². The standard InChI is InChI=1S/C29H29NO/c1-19-9-5-6-10-20(19)17-26(31)28-27-24(18-30-28)22-15-16-29(27,21-11-3-2-4-12-21)25-14-8-7-13-23(22)25/h2-14,22,24,27-28,30H,15-18H2,1H3. The van der Waals surface area contributed by atoms with Crippen LogP contribution in [0.4, 0.5) is 0 Å². The Morgan fingerprint density at radius 3 is 2.55 bits per heavy atom. The fourth-order valence-electron chi connectivity index (χ4n) is 7.15. The first-order valence-electron chi connectivity index (χ1n) is 11.7. The third-order valence-electron chi connectivity index (χ3n) is 8.43. The Morgan fingerprint density at radius 2 is 1.71 bits per heavy atom. The Kier molecular flexibility index (Phi) is 4.40. The molecule has 3 aromatic carbocycles. The van der Waals surface area contributed by atoms with E-state index in [0.717, 1.165) is 18.5 Å². The summed E-state index contributed by atoms with van der Waals surface area (Å²) in [6.45, 7) is 3.06. The SMILES string of the molecule is Cc1ccccc1CC(=O)C1NCC2C3CCC(c4ccccc4)(c4ccccc43)C12. The monoisotopic (exact) mass is 407 g/mol. The van der Waals surface area contributed by atoms with Gasteiger partial charge in [-0.15, -0.1) is 0 Å². The average Bonchev–Trinajstić information content (AvgIpc) is 3.29. The molecule has 0 spiro atoms. The van der Waals surface area contributed by atoms with Crippen molar-refractivity contribution in [2.45, 2.75) is 43.6 Å². The van der Waals surface area contributed by atoms with E-state index in [1.54, 1.807) is 0 Å². The van der Waals surface area contributed by atoms with Crippen LogP contribution in [0.25, 0.3) is 0 Å². The molecule has 0 amide bonds. The molecular weight excluding hydrogens is 378 g/mol. The topological polar surface area (TPSA) is 29.1 Å². The number of Topliss-reactive ketones (excluding diaryl/α,β-unsaturated/α-hetero) is 1. The highest BCUT2D eigenvalue weighted by Gasteiger charge is 2.62. The van der Waals surface area contributed by atoms with Crippen LogP contribution in [0, 0.1) is 18.8 Å². The van der Waals surface area contributed by atoms with Crippen molar-refractivity contribution in [2.75, 3.05) is 6.54 Å². The predicted molar refractivity (Wildman–Crippen MR) is 124 cm³/mol. The normalized spacial score (nSPS) is 30.6. The maximum absolute atomic E-state index is 13.7. The number of hydrogen-bond acceptors (Lipinski definition) is 2. The van der Waals surface area contributed by atoms with Gasteiger partial charge in [0.05, 0.1) is 6.04 Å². The molecule has 2 nitrogen and oxygen atoms in total. The highest BCUT2D eigenvalue weighted by Crippen LogP contribution is 2.63. The fourth-order valence-corrected chi connectivity index (χ4v) is 7.15. The predicted octanol–water partition coefficient (Wildman–Crippen LogP) is 5.19. The Labute approximate surface area is 184 Å². The Bertz CT molecular complexity index is 1140. The van der Waals surface area contributed by atoms with Crippen LogP contribution in [-0.4, -0.2) is 18.4 Å². The van der Waals surface area contributed by atoms with Gasteiger partial charge in [0, 0.05) is 11.8 Å². The Hall–Kier alpha value is -2.71. The summed E-state index contributed by atoms with van der Waals surface area (Å²) in [5.41, 5.74) is 6.66. The van der Waals surface area contributed by atoms with E-state index in [2.05, 4.69) is 85.0 Å². The summed E-state index contributed by atoms with van der Waals surface area (Å²) in [7, 11) is 0. The molecule has 2 fully saturated rings. The van der Waals surface area contributed by atoms with Gasteiger partial charge in [0.2, 0.25) is 0 Å². The maximum atomic E-state index is 13.7. The summed E-state index contributed by atoms with van der Waals surface area (Å²) in [5.74, 6) is 1.76. The zero-order chi connectivity index (χ0) is 21.0. The number of ketones is 1. The van der Waals surface area contributed by atoms with Crippen LogP contribution >= 0.6 is 0 Å². The minimum Gasteiger partial charge on any atom is -0.307 e. The first kappa shape index (κ1) is 19.0. The van der Waals surface area contributed by atoms with Crippen molar-refractivity contribution in [2.24, 2.45) is 11.8 Å². The number of rotatable bonds is 4. The molecule has 0 radical (unpaired) electrons. The van der Waals surface area contributed by atoms with Gasteiger partial charge < -0.3 is 5.32 Å². The first-order chi connectivity index (χ1) is 15.2. The molecule has 1 N–H and O–H groups in total. The lowest BCUT2D eigenvalue weighted by Crippen LogP contribution is -2.55. The summed E-state index contributed by atoms with van der Waals surface area (Å²) < 4.78 is 0. The molecule has 31 heavy (non-hydrogen) atoms. The minimum absolute atomic E-state index is 0.0766. The molecule has 3 aromatic rings. The van der Waals surface area contributed by atoms with Crippen LogP contribution in [0.5, 0.6) is 0 Å². The quantitative estimate of drug-likeness (QED) is 0.645. The van der Waals surface area contributed by atoms with E-state index in [9.17, 15) is 4.79 Å². The molecule has 156 valence electrons. The largest absolute Gasteiger partial charge is 0.307 e. The van der Waals surface area contributed by atoms with Crippen LogP contribution in [0.3, 0.4) is 0 Å². The third-order valence-corrected chi connectivity index (χ3v) is 8.43. The van der Waals surface area contributed by atoms with Crippen LogP contribution in [0.1, 0.15) is 46.6 Å². The second kappa shape index (κ2) is 7.17. The van der Waals surface area contributed by atoms with E-state index in [1.807, 2.05) is 6.07 Å². The number of benzene rings is 3. The van der Waals surface area contributed by atoms with Crippen LogP contribution in [-0.2, 0) is 16.6 Å². The third kappa shape index (κ3) is 2.71. The molecule has 0 aromatic heterocycles. The van der Waals surface area contributed by atoms with E-state index in [1.165, 1.54) is 28.7 Å². The zero-order valence-corrected chi connectivity index (χ0v) is 18.1. The molecule has 1 heterocycles. The lowest BCUT2D eigenvalue weighted by atomic mass is 9.46. The van der Waals surface area contributed by atoms with Gasteiger partial charge in [0.25, 0.3) is 0 Å². The number of fused-ring (bicyclic) bond motifs is 1. The van der Waals surface area contributed by atoms with Crippen LogP contribution in [0.15, 0.2) is 78.9 Å². The van der Waals surface area contributed by atoms with Crippen molar-refractivity contribution in [1.82, 2.24) is 5.32 Å². The van der Waals surface area contributed by atoms with Gasteiger partial charge in [-0.2, -0.15) is 0 Å². The number of hydrogen-bond donors (Lipinski definition) is 1. The zero-order valence-electron chi connectivity index (χ0n) is 18.1. The molecule has 4 aliphatic rings. The molecule has 1 aliphatic heterocycles. The van der Waals surface area contributed by atoms with Crippen molar-refractivity contribution in [1.29, 1.82) is 0 Å². The molecular formula is C29H29NO. The molecule has 3 aliphatic carbocycles. The summed E-state index contributed by atoms with van der Waals surface area (Å²) in [4.78, 5) is 13.7. The summed E-state index contributed by atoms with van der Waals surface area (Å²) in [6.07, 6.45) is 2.87. The van der Waals surface area contributed by atoms with Crippen molar-refractivity contribution in [3.8, 4) is 0 Å². The lowest BCUT2D eigenvalue weighted by molar-refractivity contribution is -0.122. The van der Waals surface area contributed by atoms with Gasteiger partial charge in [0.15, 0.2) is 5.78 Å². The second-order valence-electron chi connectivity index (χ2n) is 9.71. The van der Waals surface area contributed by atoms with Gasteiger partial charge in [-0.3, -0.25) is 4.79 Å². The van der Waals surface area contributed by atoms with E-state index >= 15 is 0 Å². The number of carbonyl (C=O) groups excluding carboxylic acids is 1. The molecule has 2 bridgehead atoms. The van der Waals surface area contributed by atoms with E-state index in [-0.39, 0.29) is 11.5 Å². The second-order valence-corrected chi connectivity index (χ2v) is 9.71. The van der Waals surface area contributed by atoms with Crippen molar-refractivity contribution in [3.63, 3.8) is 0 Å². The highest BCUT2D eigenvalue weighted by atomic mass is 16.1. The summed E-state index contributed by atoms with van der Waals surface area (Å²) in [5, 5.41) is 3.72. The first-order valence-corrected chi connectivity index (χ1v) is 11.7. The lowest BCUT2D eigenvalue weighted by Gasteiger charge is -2.56. The van der Waals surface area contributed by atoms with Gasteiger partial charge in [-0.05, 0) is 71.9 Å². The van der Waals surface area contributed by atoms with E-state index in [4.69, 9.17) is 0 Å². The number of aryl methyl sites for hydroxylation is 1. The maximum Gasteiger partial charge on any atom is 0.154 e. The van der Waals surface area contributed by atoms with Gasteiger partial charge in [-0.25, -0.2) is 0 Å². The molecule has 1 saturated carbocycles. The summed E-state index contributed by atoms with van der Waals surface area (Å²) >= 11 is 0. The van der Waals surface area contributed by atoms with Gasteiger partial charge in [0.1, 0.15) is 0 Å². The smallest absolute Gasteiger partial charge is 0.154 e. The average molecular weight is 408 g/mol. The fraction of sp³-hybridized carbons (Fsp3) is 0.345. The van der Waals surface area contributed by atoms with Gasteiger partial charge >= 0.3 is 0 Å². The summed E-state index contributed by atoms with van der Waals surface area (Å²) in [6, 6.07) is 28.3. The molecule has 7 rings (SSSR count). The Balaban J connectivity index is 1.47. The van der Waals surface area contributed by atoms with Gasteiger partial charge in [-0.1, -0.05) is 78.9 Å².